The normalized spacial score (nSPS) is 12.7. The molecule has 302 valence electrons. The number of ether oxygens (including phenoxy) is 3. The molecule has 6 heteroatoms. The standard InChI is InChI=1S/C47H78O6/c1-4-7-10-13-16-19-21-23-25-28-31-34-37-40-46(49)52-43-44(42-51-45(48)39-36-33-30-27-18-15-12-9-6-3)53-47(50)41-38-35-32-29-26-24-22-20-17-14-11-8-5-2/h9,12,18,23-27,31,33-34,36,44H,4-8,10-11,13-17,19-22,28-30,32,35,37-43H2,1-3H3/b12-9-,25-23-,26-24-,27-18-,34-31-,36-33-. The highest BCUT2D eigenvalue weighted by atomic mass is 16.6. The lowest BCUT2D eigenvalue weighted by Crippen LogP contribution is -2.30. The van der Waals surface area contributed by atoms with Crippen LogP contribution in [0.4, 0.5) is 0 Å². The fourth-order valence-corrected chi connectivity index (χ4v) is 5.49. The second kappa shape index (κ2) is 41.6. The number of rotatable bonds is 37. The van der Waals surface area contributed by atoms with E-state index in [1.165, 1.54) is 77.0 Å². The van der Waals surface area contributed by atoms with Crippen LogP contribution in [0.5, 0.6) is 0 Å². The monoisotopic (exact) mass is 739 g/mol. The van der Waals surface area contributed by atoms with Crippen molar-refractivity contribution in [2.24, 2.45) is 0 Å². The van der Waals surface area contributed by atoms with Gasteiger partial charge in [0.25, 0.3) is 0 Å². The van der Waals surface area contributed by atoms with Crippen molar-refractivity contribution in [3.05, 3.63) is 72.9 Å². The van der Waals surface area contributed by atoms with Gasteiger partial charge < -0.3 is 14.2 Å². The third kappa shape index (κ3) is 39.9. The third-order valence-corrected chi connectivity index (χ3v) is 8.71. The Balaban J connectivity index is 4.55. The number of esters is 3. The summed E-state index contributed by atoms with van der Waals surface area (Å²) in [4.78, 5) is 37.5. The molecular formula is C47H78O6. The smallest absolute Gasteiger partial charge is 0.309 e. The largest absolute Gasteiger partial charge is 0.462 e. The molecule has 0 aliphatic carbocycles. The van der Waals surface area contributed by atoms with Gasteiger partial charge in [-0.25, -0.2) is 0 Å². The van der Waals surface area contributed by atoms with E-state index in [0.29, 0.717) is 6.42 Å². The molecule has 1 atom stereocenters. The molecule has 0 amide bonds. The maximum absolute atomic E-state index is 12.7. The summed E-state index contributed by atoms with van der Waals surface area (Å²) in [6, 6.07) is 0. The van der Waals surface area contributed by atoms with Crippen molar-refractivity contribution in [3.8, 4) is 0 Å². The Labute approximate surface area is 325 Å². The van der Waals surface area contributed by atoms with Gasteiger partial charge in [-0.3, -0.25) is 14.4 Å². The van der Waals surface area contributed by atoms with Crippen LogP contribution in [0.3, 0.4) is 0 Å². The van der Waals surface area contributed by atoms with Gasteiger partial charge >= 0.3 is 17.9 Å². The Bertz CT molecular complexity index is 1030. The average molecular weight is 739 g/mol. The number of unbranched alkanes of at least 4 members (excludes halogenated alkanes) is 15. The molecule has 0 saturated heterocycles. The maximum atomic E-state index is 12.7. The van der Waals surface area contributed by atoms with Gasteiger partial charge in [0.2, 0.25) is 0 Å². The fraction of sp³-hybridized carbons (Fsp3) is 0.681. The van der Waals surface area contributed by atoms with E-state index in [4.69, 9.17) is 14.2 Å². The molecule has 0 radical (unpaired) electrons. The second-order valence-electron chi connectivity index (χ2n) is 13.9. The van der Waals surface area contributed by atoms with Crippen molar-refractivity contribution in [2.75, 3.05) is 13.2 Å². The lowest BCUT2D eigenvalue weighted by atomic mass is 10.1. The average Bonchev–Trinajstić information content (AvgIpc) is 3.15. The summed E-state index contributed by atoms with van der Waals surface area (Å²) in [5.74, 6) is -1.15. The predicted octanol–water partition coefficient (Wildman–Crippen LogP) is 13.5. The van der Waals surface area contributed by atoms with E-state index in [1.54, 1.807) is 6.08 Å². The minimum absolute atomic E-state index is 0.123. The Hall–Kier alpha value is -3.15. The molecular weight excluding hydrogens is 661 g/mol. The van der Waals surface area contributed by atoms with E-state index in [9.17, 15) is 14.4 Å². The van der Waals surface area contributed by atoms with Gasteiger partial charge in [-0.05, 0) is 77.0 Å². The molecule has 0 N–H and O–H groups in total. The van der Waals surface area contributed by atoms with Gasteiger partial charge in [0.1, 0.15) is 13.2 Å². The summed E-state index contributed by atoms with van der Waals surface area (Å²) < 4.78 is 16.5. The zero-order valence-corrected chi connectivity index (χ0v) is 34.3. The topological polar surface area (TPSA) is 78.9 Å². The first-order valence-corrected chi connectivity index (χ1v) is 21.4. The number of hydrogen-bond acceptors (Lipinski definition) is 6. The highest BCUT2D eigenvalue weighted by Gasteiger charge is 2.19. The molecule has 0 saturated carbocycles. The number of carbonyl (C=O) groups is 3. The molecule has 0 heterocycles. The van der Waals surface area contributed by atoms with Crippen LogP contribution >= 0.6 is 0 Å². The number of hydrogen-bond donors (Lipinski definition) is 0. The lowest BCUT2D eigenvalue weighted by molar-refractivity contribution is -0.166. The van der Waals surface area contributed by atoms with Gasteiger partial charge in [-0.1, -0.05) is 164 Å². The molecule has 0 aromatic carbocycles. The van der Waals surface area contributed by atoms with E-state index in [2.05, 4.69) is 75.5 Å². The minimum Gasteiger partial charge on any atom is -0.462 e. The van der Waals surface area contributed by atoms with Gasteiger partial charge in [0.05, 0.1) is 6.42 Å². The summed E-state index contributed by atoms with van der Waals surface area (Å²) in [5.41, 5.74) is 0. The summed E-state index contributed by atoms with van der Waals surface area (Å²) >= 11 is 0. The quantitative estimate of drug-likeness (QED) is 0.0273. The van der Waals surface area contributed by atoms with Gasteiger partial charge in [-0.15, -0.1) is 0 Å². The zero-order valence-electron chi connectivity index (χ0n) is 34.3. The van der Waals surface area contributed by atoms with Crippen molar-refractivity contribution in [2.45, 2.75) is 194 Å². The van der Waals surface area contributed by atoms with Crippen LogP contribution in [0.1, 0.15) is 188 Å². The van der Waals surface area contributed by atoms with Crippen LogP contribution < -0.4 is 0 Å². The molecule has 53 heavy (non-hydrogen) atoms. The van der Waals surface area contributed by atoms with Gasteiger partial charge in [-0.2, -0.15) is 0 Å². The molecule has 1 unspecified atom stereocenters. The van der Waals surface area contributed by atoms with E-state index in [-0.39, 0.29) is 44.4 Å². The molecule has 0 rings (SSSR count). The predicted molar refractivity (Wildman–Crippen MR) is 224 cm³/mol. The third-order valence-electron chi connectivity index (χ3n) is 8.71. The SMILES string of the molecule is CC/C=C\C/C=C\C/C=C\CC(=O)OCC(COC(=O)CC/C=C\C/C=C\CCCCCCCC)OC(=O)CCCCC/C=C\CCCCCCCC. The maximum Gasteiger partial charge on any atom is 0.309 e. The Kier molecular flexibility index (Phi) is 39.1. The summed E-state index contributed by atoms with van der Waals surface area (Å²) in [7, 11) is 0. The highest BCUT2D eigenvalue weighted by molar-refractivity contribution is 5.72. The van der Waals surface area contributed by atoms with Crippen LogP contribution in [-0.4, -0.2) is 37.2 Å². The molecule has 0 aliphatic rings. The van der Waals surface area contributed by atoms with E-state index < -0.39 is 12.1 Å². The van der Waals surface area contributed by atoms with Crippen LogP contribution in [0, 0.1) is 0 Å². The van der Waals surface area contributed by atoms with Crippen LogP contribution in [0.25, 0.3) is 0 Å². The van der Waals surface area contributed by atoms with Crippen LogP contribution in [0.2, 0.25) is 0 Å². The summed E-state index contributed by atoms with van der Waals surface area (Å²) in [5, 5.41) is 0. The number of allylic oxidation sites excluding steroid dienone is 11. The fourth-order valence-electron chi connectivity index (χ4n) is 5.49. The first kappa shape index (κ1) is 49.9. The molecule has 0 fully saturated rings. The van der Waals surface area contributed by atoms with Crippen molar-refractivity contribution in [1.82, 2.24) is 0 Å². The highest BCUT2D eigenvalue weighted by Crippen LogP contribution is 2.11. The van der Waals surface area contributed by atoms with Gasteiger partial charge in [0, 0.05) is 12.8 Å². The minimum atomic E-state index is -0.837. The Morgan fingerprint density at radius 1 is 0.415 bits per heavy atom. The van der Waals surface area contributed by atoms with Crippen molar-refractivity contribution >= 4 is 17.9 Å². The van der Waals surface area contributed by atoms with Crippen LogP contribution in [-0.2, 0) is 28.6 Å². The lowest BCUT2D eigenvalue weighted by Gasteiger charge is -2.18. The first-order valence-electron chi connectivity index (χ1n) is 21.4. The summed E-state index contributed by atoms with van der Waals surface area (Å²) in [6.45, 7) is 6.31. The molecule has 0 bridgehead atoms. The molecule has 0 spiro atoms. The first-order chi connectivity index (χ1) is 26.0. The van der Waals surface area contributed by atoms with E-state index >= 15 is 0 Å². The van der Waals surface area contributed by atoms with Crippen molar-refractivity contribution in [1.29, 1.82) is 0 Å². The Morgan fingerprint density at radius 3 is 1.42 bits per heavy atom. The van der Waals surface area contributed by atoms with E-state index in [1.807, 2.05) is 12.2 Å². The van der Waals surface area contributed by atoms with Crippen molar-refractivity contribution in [3.63, 3.8) is 0 Å². The second-order valence-corrected chi connectivity index (χ2v) is 13.9. The zero-order chi connectivity index (χ0) is 38.7. The van der Waals surface area contributed by atoms with Crippen molar-refractivity contribution < 1.29 is 28.6 Å². The van der Waals surface area contributed by atoms with Crippen LogP contribution in [0.15, 0.2) is 72.9 Å². The molecule has 0 aromatic rings. The molecule has 0 aliphatic heterocycles. The van der Waals surface area contributed by atoms with E-state index in [0.717, 1.165) is 64.2 Å². The van der Waals surface area contributed by atoms with Gasteiger partial charge in [0.15, 0.2) is 6.10 Å². The number of carbonyl (C=O) groups excluding carboxylic acids is 3. The summed E-state index contributed by atoms with van der Waals surface area (Å²) in [6.07, 6.45) is 50.8. The Morgan fingerprint density at radius 2 is 0.849 bits per heavy atom. The molecule has 6 nitrogen and oxygen atoms in total. The molecule has 0 aromatic heterocycles.